The third kappa shape index (κ3) is 2.19. The van der Waals surface area contributed by atoms with Gasteiger partial charge in [0.1, 0.15) is 5.82 Å². The monoisotopic (exact) mass is 250 g/mol. The van der Waals surface area contributed by atoms with Crippen molar-refractivity contribution in [3.63, 3.8) is 0 Å². The molecular weight excluding hydrogens is 232 g/mol. The number of para-hydroxylation sites is 1. The van der Waals surface area contributed by atoms with Gasteiger partial charge in [-0.3, -0.25) is 0 Å². The van der Waals surface area contributed by atoms with Crippen molar-refractivity contribution in [3.05, 3.63) is 29.6 Å². The molecule has 0 spiro atoms. The van der Waals surface area contributed by atoms with Crippen LogP contribution in [0.25, 0.3) is 11.0 Å². The van der Waals surface area contributed by atoms with Crippen molar-refractivity contribution < 1.29 is 0 Å². The molecule has 0 aliphatic carbocycles. The van der Waals surface area contributed by atoms with E-state index in [0.717, 1.165) is 17.8 Å². The Morgan fingerprint density at radius 1 is 1.29 bits per heavy atom. The van der Waals surface area contributed by atoms with Gasteiger partial charge in [0.05, 0.1) is 11.0 Å². The van der Waals surface area contributed by atoms with E-state index < -0.39 is 0 Å². The third-order valence-electron chi connectivity index (χ3n) is 2.94. The van der Waals surface area contributed by atoms with Crippen LogP contribution in [-0.2, 0) is 12.0 Å². The lowest BCUT2D eigenvalue weighted by molar-refractivity contribution is 0.395. The van der Waals surface area contributed by atoms with E-state index in [2.05, 4.69) is 50.5 Å². The fourth-order valence-electron chi connectivity index (χ4n) is 2.32. The van der Waals surface area contributed by atoms with Crippen molar-refractivity contribution in [2.45, 2.75) is 39.7 Å². The van der Waals surface area contributed by atoms with E-state index in [1.165, 1.54) is 11.1 Å². The topological polar surface area (TPSA) is 17.8 Å². The number of aromatic nitrogens is 2. The number of alkyl halides is 1. The first-order valence-electron chi connectivity index (χ1n) is 5.98. The number of nitrogens with zero attached hydrogens (tertiary/aromatic N) is 2. The van der Waals surface area contributed by atoms with Gasteiger partial charge in [-0.15, -0.1) is 11.6 Å². The van der Waals surface area contributed by atoms with Gasteiger partial charge in [0.2, 0.25) is 0 Å². The minimum atomic E-state index is 0.0300. The SMILES string of the molecule is Cc1cccc2nc(CCCl)n(C(C)(C)C)c12. The van der Waals surface area contributed by atoms with Crippen LogP contribution < -0.4 is 0 Å². The number of halogens is 1. The molecule has 0 fully saturated rings. The van der Waals surface area contributed by atoms with Gasteiger partial charge >= 0.3 is 0 Å². The Bertz CT molecular complexity index is 535. The van der Waals surface area contributed by atoms with Crippen LogP contribution in [0.4, 0.5) is 0 Å². The summed E-state index contributed by atoms with van der Waals surface area (Å²) in [6.07, 6.45) is 0.812. The van der Waals surface area contributed by atoms with Crippen LogP contribution in [0.3, 0.4) is 0 Å². The maximum atomic E-state index is 5.87. The molecule has 1 aromatic carbocycles. The Balaban J connectivity index is 2.78. The van der Waals surface area contributed by atoms with E-state index in [9.17, 15) is 0 Å². The highest BCUT2D eigenvalue weighted by Crippen LogP contribution is 2.27. The van der Waals surface area contributed by atoms with Crippen LogP contribution in [0.5, 0.6) is 0 Å². The highest BCUT2D eigenvalue weighted by Gasteiger charge is 2.21. The number of benzene rings is 1. The lowest BCUT2D eigenvalue weighted by Crippen LogP contribution is -2.24. The average molecular weight is 251 g/mol. The Labute approximate surface area is 108 Å². The summed E-state index contributed by atoms with van der Waals surface area (Å²) >= 11 is 5.87. The van der Waals surface area contributed by atoms with E-state index in [4.69, 9.17) is 16.6 Å². The van der Waals surface area contributed by atoms with Crippen molar-refractivity contribution in [1.82, 2.24) is 9.55 Å². The summed E-state index contributed by atoms with van der Waals surface area (Å²) in [5.74, 6) is 1.69. The zero-order valence-corrected chi connectivity index (χ0v) is 11.7. The molecule has 0 saturated carbocycles. The standard InChI is InChI=1S/C14H19ClN2/c1-10-6-5-7-11-13(10)17(14(2,3)4)12(16-11)8-9-15/h5-7H,8-9H2,1-4H3. The molecule has 0 radical (unpaired) electrons. The summed E-state index contributed by atoms with van der Waals surface area (Å²) in [6, 6.07) is 6.27. The van der Waals surface area contributed by atoms with Gasteiger partial charge in [0.15, 0.2) is 0 Å². The Morgan fingerprint density at radius 2 is 2.00 bits per heavy atom. The summed E-state index contributed by atoms with van der Waals surface area (Å²) < 4.78 is 2.32. The van der Waals surface area contributed by atoms with Gasteiger partial charge in [-0.25, -0.2) is 4.98 Å². The highest BCUT2D eigenvalue weighted by molar-refractivity contribution is 6.17. The Hall–Kier alpha value is -1.02. The summed E-state index contributed by atoms with van der Waals surface area (Å²) in [6.45, 7) is 8.76. The Morgan fingerprint density at radius 3 is 2.59 bits per heavy atom. The van der Waals surface area contributed by atoms with Crippen molar-refractivity contribution in [1.29, 1.82) is 0 Å². The van der Waals surface area contributed by atoms with Crippen molar-refractivity contribution in [2.24, 2.45) is 0 Å². The second-order valence-corrected chi connectivity index (χ2v) is 5.79. The maximum absolute atomic E-state index is 5.87. The first kappa shape index (κ1) is 12.4. The van der Waals surface area contributed by atoms with Gasteiger partial charge in [0, 0.05) is 17.8 Å². The molecule has 2 aromatic rings. The molecule has 1 heterocycles. The first-order chi connectivity index (χ1) is 7.95. The summed E-state index contributed by atoms with van der Waals surface area (Å²) in [7, 11) is 0. The van der Waals surface area contributed by atoms with Gasteiger partial charge < -0.3 is 4.57 Å². The molecule has 2 rings (SSSR count). The number of aryl methyl sites for hydroxylation is 2. The van der Waals surface area contributed by atoms with Gasteiger partial charge in [0.25, 0.3) is 0 Å². The smallest absolute Gasteiger partial charge is 0.111 e. The highest BCUT2D eigenvalue weighted by atomic mass is 35.5. The fourth-order valence-corrected chi connectivity index (χ4v) is 2.49. The molecule has 0 atom stereocenters. The van der Waals surface area contributed by atoms with Gasteiger partial charge in [-0.1, -0.05) is 12.1 Å². The van der Waals surface area contributed by atoms with Crippen LogP contribution in [-0.4, -0.2) is 15.4 Å². The van der Waals surface area contributed by atoms with E-state index in [1.807, 2.05) is 0 Å². The first-order valence-corrected chi connectivity index (χ1v) is 6.52. The fraction of sp³-hybridized carbons (Fsp3) is 0.500. The van der Waals surface area contributed by atoms with E-state index in [-0.39, 0.29) is 5.54 Å². The normalized spacial score (nSPS) is 12.3. The molecule has 3 heteroatoms. The molecule has 1 aromatic heterocycles. The van der Waals surface area contributed by atoms with Gasteiger partial charge in [-0.05, 0) is 39.3 Å². The van der Waals surface area contributed by atoms with Crippen LogP contribution in [0.1, 0.15) is 32.2 Å². The van der Waals surface area contributed by atoms with Gasteiger partial charge in [-0.2, -0.15) is 0 Å². The van der Waals surface area contributed by atoms with Crippen molar-refractivity contribution >= 4 is 22.6 Å². The molecule has 0 aliphatic heterocycles. The van der Waals surface area contributed by atoms with Crippen LogP contribution >= 0.6 is 11.6 Å². The lowest BCUT2D eigenvalue weighted by Gasteiger charge is -2.25. The number of hydrogen-bond acceptors (Lipinski definition) is 1. The molecule has 17 heavy (non-hydrogen) atoms. The van der Waals surface area contributed by atoms with E-state index in [0.29, 0.717) is 5.88 Å². The molecule has 0 unspecified atom stereocenters. The van der Waals surface area contributed by atoms with E-state index in [1.54, 1.807) is 0 Å². The zero-order valence-electron chi connectivity index (χ0n) is 10.9. The maximum Gasteiger partial charge on any atom is 0.111 e. The molecule has 0 amide bonds. The third-order valence-corrected chi connectivity index (χ3v) is 3.13. The zero-order chi connectivity index (χ0) is 12.6. The second-order valence-electron chi connectivity index (χ2n) is 5.42. The summed E-state index contributed by atoms with van der Waals surface area (Å²) in [5, 5.41) is 0. The molecule has 92 valence electrons. The van der Waals surface area contributed by atoms with Crippen LogP contribution in [0.15, 0.2) is 18.2 Å². The molecule has 0 bridgehead atoms. The molecule has 0 saturated heterocycles. The average Bonchev–Trinajstić information content (AvgIpc) is 2.57. The van der Waals surface area contributed by atoms with Crippen molar-refractivity contribution in [2.75, 3.05) is 5.88 Å². The molecule has 0 aliphatic rings. The Kier molecular flexibility index (Phi) is 3.17. The number of rotatable bonds is 2. The number of imidazole rings is 1. The largest absolute Gasteiger partial charge is 0.322 e. The van der Waals surface area contributed by atoms with Crippen LogP contribution in [0.2, 0.25) is 0 Å². The predicted molar refractivity (Wildman–Crippen MR) is 73.9 cm³/mol. The minimum absolute atomic E-state index is 0.0300. The predicted octanol–water partition coefficient (Wildman–Crippen LogP) is 3.88. The molecule has 2 nitrogen and oxygen atoms in total. The summed E-state index contributed by atoms with van der Waals surface area (Å²) in [5.41, 5.74) is 3.60. The number of hydrogen-bond donors (Lipinski definition) is 0. The second kappa shape index (κ2) is 4.34. The minimum Gasteiger partial charge on any atom is -0.322 e. The molecule has 0 N–H and O–H groups in total. The van der Waals surface area contributed by atoms with E-state index >= 15 is 0 Å². The molecular formula is C14H19ClN2. The summed E-state index contributed by atoms with van der Waals surface area (Å²) in [4.78, 5) is 4.71. The van der Waals surface area contributed by atoms with Crippen molar-refractivity contribution in [3.8, 4) is 0 Å². The van der Waals surface area contributed by atoms with Crippen LogP contribution in [0, 0.1) is 6.92 Å². The number of fused-ring (bicyclic) bond motifs is 1. The quantitative estimate of drug-likeness (QED) is 0.740. The lowest BCUT2D eigenvalue weighted by atomic mass is 10.1.